The summed E-state index contributed by atoms with van der Waals surface area (Å²) in [7, 11) is 1.53. The van der Waals surface area contributed by atoms with Crippen LogP contribution in [0.4, 0.5) is 5.69 Å². The van der Waals surface area contributed by atoms with Gasteiger partial charge in [-0.2, -0.15) is 5.10 Å². The number of hydrogen-bond donors (Lipinski definition) is 2. The Hall–Kier alpha value is -2.84. The van der Waals surface area contributed by atoms with Crippen molar-refractivity contribution in [2.45, 2.75) is 18.6 Å². The van der Waals surface area contributed by atoms with E-state index in [0.717, 1.165) is 17.3 Å². The van der Waals surface area contributed by atoms with E-state index in [0.29, 0.717) is 22.2 Å². The summed E-state index contributed by atoms with van der Waals surface area (Å²) in [6.45, 7) is 1.80. The van der Waals surface area contributed by atoms with Crippen molar-refractivity contribution in [1.29, 1.82) is 0 Å². The lowest BCUT2D eigenvalue weighted by Gasteiger charge is -2.22. The number of methoxy groups -OCH3 is 1. The summed E-state index contributed by atoms with van der Waals surface area (Å²) in [4.78, 5) is 24.7. The fraction of sp³-hybridized carbons (Fsp3) is 0.200. The van der Waals surface area contributed by atoms with Gasteiger partial charge in [0, 0.05) is 11.4 Å². The van der Waals surface area contributed by atoms with Gasteiger partial charge in [0.15, 0.2) is 5.17 Å². The predicted molar refractivity (Wildman–Crippen MR) is 117 cm³/mol. The molecule has 2 N–H and O–H groups in total. The largest absolute Gasteiger partial charge is 0.495 e. The maximum atomic E-state index is 12.6. The Bertz CT molecular complexity index is 976. The SMILES string of the molecule is COc1ccccc1NC(=O)[C@@H]1CC(=O)N/C(=N/N=C(/C)c2ccc(Cl)cc2)S1. The Kier molecular flexibility index (Phi) is 6.90. The van der Waals surface area contributed by atoms with Crippen molar-refractivity contribution in [2.75, 3.05) is 12.4 Å². The maximum absolute atomic E-state index is 12.6. The summed E-state index contributed by atoms with van der Waals surface area (Å²) in [5.41, 5.74) is 2.06. The van der Waals surface area contributed by atoms with Gasteiger partial charge in [-0.25, -0.2) is 0 Å². The minimum atomic E-state index is -0.626. The first-order valence-corrected chi connectivity index (χ1v) is 10.0. The van der Waals surface area contributed by atoms with Gasteiger partial charge >= 0.3 is 0 Å². The highest BCUT2D eigenvalue weighted by atomic mass is 35.5. The number of amides is 2. The third kappa shape index (κ3) is 5.58. The van der Waals surface area contributed by atoms with E-state index < -0.39 is 5.25 Å². The topological polar surface area (TPSA) is 92.1 Å². The lowest BCUT2D eigenvalue weighted by Crippen LogP contribution is -2.41. The smallest absolute Gasteiger partial charge is 0.238 e. The number of nitrogens with zero attached hydrogens (tertiary/aromatic N) is 2. The highest BCUT2D eigenvalue weighted by Gasteiger charge is 2.30. The van der Waals surface area contributed by atoms with Gasteiger partial charge in [0.05, 0.1) is 18.5 Å². The van der Waals surface area contributed by atoms with Crippen LogP contribution in [-0.4, -0.2) is 35.1 Å². The summed E-state index contributed by atoms with van der Waals surface area (Å²) in [6.07, 6.45) is 0.0462. The first kappa shape index (κ1) is 20.9. The highest BCUT2D eigenvalue weighted by Crippen LogP contribution is 2.27. The molecular formula is C20H19ClN4O3S. The number of ether oxygens (including phenoxy) is 1. The van der Waals surface area contributed by atoms with E-state index in [-0.39, 0.29) is 23.4 Å². The van der Waals surface area contributed by atoms with Crippen molar-refractivity contribution in [3.8, 4) is 5.75 Å². The summed E-state index contributed by atoms with van der Waals surface area (Å²) < 4.78 is 5.24. The molecule has 9 heteroatoms. The van der Waals surface area contributed by atoms with E-state index in [1.807, 2.05) is 18.2 Å². The van der Waals surface area contributed by atoms with Crippen molar-refractivity contribution in [2.24, 2.45) is 10.2 Å². The van der Waals surface area contributed by atoms with E-state index in [2.05, 4.69) is 20.8 Å². The van der Waals surface area contributed by atoms with Crippen LogP contribution in [-0.2, 0) is 9.59 Å². The molecular weight excluding hydrogens is 412 g/mol. The fourth-order valence-electron chi connectivity index (χ4n) is 2.57. The number of carbonyl (C=O) groups is 2. The molecule has 2 amide bonds. The zero-order chi connectivity index (χ0) is 20.8. The molecule has 29 heavy (non-hydrogen) atoms. The van der Waals surface area contributed by atoms with Crippen molar-refractivity contribution < 1.29 is 14.3 Å². The van der Waals surface area contributed by atoms with Crippen LogP contribution in [0.3, 0.4) is 0 Å². The van der Waals surface area contributed by atoms with Gasteiger partial charge in [0.1, 0.15) is 11.0 Å². The van der Waals surface area contributed by atoms with E-state index in [9.17, 15) is 9.59 Å². The molecule has 1 aliphatic heterocycles. The molecule has 0 bridgehead atoms. The van der Waals surface area contributed by atoms with Gasteiger partial charge in [-0.15, -0.1) is 5.10 Å². The summed E-state index contributed by atoms with van der Waals surface area (Å²) in [5, 5.41) is 14.0. The van der Waals surface area contributed by atoms with Crippen molar-refractivity contribution in [3.63, 3.8) is 0 Å². The summed E-state index contributed by atoms with van der Waals surface area (Å²) >= 11 is 7.04. The highest BCUT2D eigenvalue weighted by molar-refractivity contribution is 8.15. The Labute approximate surface area is 177 Å². The number of carbonyl (C=O) groups excluding carboxylic acids is 2. The van der Waals surface area contributed by atoms with Gasteiger partial charge in [-0.3, -0.25) is 9.59 Å². The third-order valence-corrected chi connectivity index (χ3v) is 5.41. The Morgan fingerprint density at radius 1 is 1.24 bits per heavy atom. The average molecular weight is 431 g/mol. The van der Waals surface area contributed by atoms with E-state index >= 15 is 0 Å². The van der Waals surface area contributed by atoms with Crippen molar-refractivity contribution >= 4 is 51.7 Å². The number of rotatable bonds is 5. The zero-order valence-corrected chi connectivity index (χ0v) is 17.4. The molecule has 3 rings (SSSR count). The van der Waals surface area contributed by atoms with Crippen LogP contribution in [0.15, 0.2) is 58.7 Å². The first-order valence-electron chi connectivity index (χ1n) is 8.75. The van der Waals surface area contributed by atoms with Crippen molar-refractivity contribution in [3.05, 3.63) is 59.1 Å². The standard InChI is InChI=1S/C20H19ClN4O3S/c1-12(13-7-9-14(21)10-8-13)24-25-20-23-18(26)11-17(29-20)19(27)22-15-5-3-4-6-16(15)28-2/h3-10,17H,11H2,1-2H3,(H,22,27)(H,23,25,26)/b24-12-/t17-/m0/s1. The lowest BCUT2D eigenvalue weighted by molar-refractivity contribution is -0.123. The molecule has 1 fully saturated rings. The molecule has 0 unspecified atom stereocenters. The Morgan fingerprint density at radius 2 is 1.97 bits per heavy atom. The number of anilines is 1. The molecule has 0 aromatic heterocycles. The molecule has 0 saturated carbocycles. The van der Waals surface area contributed by atoms with Gasteiger partial charge in [-0.05, 0) is 36.8 Å². The molecule has 2 aromatic carbocycles. The van der Waals surface area contributed by atoms with E-state index in [1.54, 1.807) is 37.3 Å². The maximum Gasteiger partial charge on any atom is 0.238 e. The number of hydrogen-bond acceptors (Lipinski definition) is 6. The predicted octanol–water partition coefficient (Wildman–Crippen LogP) is 3.69. The van der Waals surface area contributed by atoms with E-state index in [4.69, 9.17) is 16.3 Å². The van der Waals surface area contributed by atoms with Crippen LogP contribution in [0.2, 0.25) is 5.02 Å². The monoisotopic (exact) mass is 430 g/mol. The number of halogens is 1. The molecule has 1 heterocycles. The van der Waals surface area contributed by atoms with Crippen LogP contribution in [0, 0.1) is 0 Å². The second-order valence-corrected chi connectivity index (χ2v) is 7.77. The van der Waals surface area contributed by atoms with Gasteiger partial charge in [0.2, 0.25) is 11.8 Å². The molecule has 1 saturated heterocycles. The molecule has 2 aromatic rings. The summed E-state index contributed by atoms with van der Waals surface area (Å²) in [6, 6.07) is 14.3. The number of para-hydroxylation sites is 2. The molecule has 1 aliphatic rings. The van der Waals surface area contributed by atoms with Gasteiger partial charge < -0.3 is 15.4 Å². The average Bonchev–Trinajstić information content (AvgIpc) is 2.72. The minimum Gasteiger partial charge on any atom is -0.495 e. The number of thioether (sulfide) groups is 1. The fourth-order valence-corrected chi connectivity index (χ4v) is 3.63. The Balaban J connectivity index is 1.71. The van der Waals surface area contributed by atoms with Crippen LogP contribution in [0.5, 0.6) is 5.75 Å². The van der Waals surface area contributed by atoms with Gasteiger partial charge in [0.25, 0.3) is 0 Å². The number of amidine groups is 1. The zero-order valence-electron chi connectivity index (χ0n) is 15.8. The molecule has 1 atom stereocenters. The van der Waals surface area contributed by atoms with Gasteiger partial charge in [-0.1, -0.05) is 47.6 Å². The molecule has 0 radical (unpaired) electrons. The van der Waals surface area contributed by atoms with Crippen molar-refractivity contribution in [1.82, 2.24) is 5.32 Å². The van der Waals surface area contributed by atoms with Crippen LogP contribution in [0.25, 0.3) is 0 Å². The Morgan fingerprint density at radius 3 is 2.69 bits per heavy atom. The van der Waals surface area contributed by atoms with Crippen LogP contribution < -0.4 is 15.4 Å². The van der Waals surface area contributed by atoms with Crippen LogP contribution in [0.1, 0.15) is 18.9 Å². The minimum absolute atomic E-state index is 0.0462. The third-order valence-electron chi connectivity index (χ3n) is 4.08. The molecule has 0 spiro atoms. The number of nitrogens with one attached hydrogen (secondary N) is 2. The number of benzene rings is 2. The lowest BCUT2D eigenvalue weighted by atomic mass is 10.1. The quantitative estimate of drug-likeness (QED) is 0.559. The molecule has 0 aliphatic carbocycles. The molecule has 150 valence electrons. The van der Waals surface area contributed by atoms with E-state index in [1.165, 1.54) is 7.11 Å². The van der Waals surface area contributed by atoms with Crippen LogP contribution >= 0.6 is 23.4 Å². The summed E-state index contributed by atoms with van der Waals surface area (Å²) in [5.74, 6) is -0.0503. The first-order chi connectivity index (χ1) is 14.0. The second-order valence-electron chi connectivity index (χ2n) is 6.15. The second kappa shape index (κ2) is 9.58. The normalized spacial score (nSPS) is 18.3. The molecule has 7 nitrogen and oxygen atoms in total.